The molecule has 3 heterocycles. The van der Waals surface area contributed by atoms with Crippen molar-refractivity contribution in [2.75, 3.05) is 11.9 Å². The molecule has 0 aliphatic rings. The summed E-state index contributed by atoms with van der Waals surface area (Å²) in [7, 11) is 0. The molecule has 3 aromatic rings. The number of rotatable bonds is 5. The van der Waals surface area contributed by atoms with Gasteiger partial charge in [-0.3, -0.25) is 5.10 Å². The Balaban J connectivity index is 1.97. The summed E-state index contributed by atoms with van der Waals surface area (Å²) >= 11 is 1.38. The van der Waals surface area contributed by atoms with Crippen LogP contribution in [0, 0.1) is 0 Å². The SMILES string of the molecule is CCCNc1nc(Sc2ncn[nH]2)c2[nH]cnc2n1. The topological polar surface area (TPSA) is 108 Å². The number of H-pyrrole nitrogens is 2. The predicted molar refractivity (Wildman–Crippen MR) is 71.0 cm³/mol. The lowest BCUT2D eigenvalue weighted by atomic mass is 10.5. The van der Waals surface area contributed by atoms with Gasteiger partial charge in [0.1, 0.15) is 16.9 Å². The number of imidazole rings is 1. The summed E-state index contributed by atoms with van der Waals surface area (Å²) in [5, 5.41) is 11.2. The normalized spacial score (nSPS) is 11.0. The second-order valence-electron chi connectivity index (χ2n) is 3.77. The molecule has 0 atom stereocenters. The lowest BCUT2D eigenvalue weighted by molar-refractivity contribution is 0.938. The van der Waals surface area contributed by atoms with E-state index in [-0.39, 0.29) is 0 Å². The lowest BCUT2D eigenvalue weighted by Gasteiger charge is -2.05. The lowest BCUT2D eigenvalue weighted by Crippen LogP contribution is -2.05. The highest BCUT2D eigenvalue weighted by molar-refractivity contribution is 7.99. The van der Waals surface area contributed by atoms with Gasteiger partial charge in [0.25, 0.3) is 0 Å². The maximum Gasteiger partial charge on any atom is 0.225 e. The van der Waals surface area contributed by atoms with Crippen LogP contribution in [0.5, 0.6) is 0 Å². The molecule has 3 aromatic heterocycles. The number of hydrogen-bond acceptors (Lipinski definition) is 7. The van der Waals surface area contributed by atoms with Crippen molar-refractivity contribution < 1.29 is 0 Å². The zero-order valence-corrected chi connectivity index (χ0v) is 11.0. The monoisotopic (exact) mass is 276 g/mol. The van der Waals surface area contributed by atoms with E-state index in [1.165, 1.54) is 18.1 Å². The fraction of sp³-hybridized carbons (Fsp3) is 0.300. The van der Waals surface area contributed by atoms with Crippen molar-refractivity contribution in [3.05, 3.63) is 12.7 Å². The predicted octanol–water partition coefficient (Wildman–Crippen LogP) is 1.44. The molecule has 0 radical (unpaired) electrons. The van der Waals surface area contributed by atoms with E-state index in [0.717, 1.165) is 23.5 Å². The van der Waals surface area contributed by atoms with E-state index in [9.17, 15) is 0 Å². The van der Waals surface area contributed by atoms with Crippen LogP contribution in [0.2, 0.25) is 0 Å². The Morgan fingerprint density at radius 3 is 3.05 bits per heavy atom. The fourth-order valence-corrected chi connectivity index (χ4v) is 2.30. The number of fused-ring (bicyclic) bond motifs is 1. The van der Waals surface area contributed by atoms with E-state index in [0.29, 0.717) is 16.8 Å². The van der Waals surface area contributed by atoms with Crippen molar-refractivity contribution in [2.24, 2.45) is 0 Å². The number of hydrogen-bond donors (Lipinski definition) is 3. The zero-order valence-electron chi connectivity index (χ0n) is 10.2. The number of nitrogens with one attached hydrogen (secondary N) is 3. The molecule has 9 heteroatoms. The highest BCUT2D eigenvalue weighted by Crippen LogP contribution is 2.28. The highest BCUT2D eigenvalue weighted by atomic mass is 32.2. The number of nitrogens with zero attached hydrogens (tertiary/aromatic N) is 5. The standard InChI is InChI=1S/C10H12N8S/c1-2-3-11-9-16-7-6(12-4-13-7)8(17-9)19-10-14-5-15-18-10/h4-5H,2-3H2,1H3,(H,14,15,18)(H2,11,12,13,16,17). The van der Waals surface area contributed by atoms with E-state index < -0.39 is 0 Å². The average molecular weight is 276 g/mol. The van der Waals surface area contributed by atoms with Crippen LogP contribution in [0.1, 0.15) is 13.3 Å². The summed E-state index contributed by atoms with van der Waals surface area (Å²) < 4.78 is 0. The van der Waals surface area contributed by atoms with Gasteiger partial charge in [-0.15, -0.1) is 0 Å². The van der Waals surface area contributed by atoms with Crippen molar-refractivity contribution >= 4 is 28.9 Å². The molecule has 0 aliphatic carbocycles. The minimum Gasteiger partial charge on any atom is -0.354 e. The molecular weight excluding hydrogens is 264 g/mol. The first kappa shape index (κ1) is 11.9. The summed E-state index contributed by atoms with van der Waals surface area (Å²) in [5.74, 6) is 0.573. The van der Waals surface area contributed by atoms with Crippen molar-refractivity contribution in [1.29, 1.82) is 0 Å². The van der Waals surface area contributed by atoms with Crippen LogP contribution >= 0.6 is 11.8 Å². The Morgan fingerprint density at radius 1 is 1.32 bits per heavy atom. The van der Waals surface area contributed by atoms with Gasteiger partial charge in [-0.05, 0) is 18.2 Å². The molecule has 8 nitrogen and oxygen atoms in total. The molecule has 19 heavy (non-hydrogen) atoms. The van der Waals surface area contributed by atoms with Gasteiger partial charge in [0, 0.05) is 6.54 Å². The van der Waals surface area contributed by atoms with Crippen molar-refractivity contribution in [2.45, 2.75) is 23.5 Å². The molecule has 0 spiro atoms. The second-order valence-corrected chi connectivity index (χ2v) is 4.75. The van der Waals surface area contributed by atoms with E-state index >= 15 is 0 Å². The molecule has 0 saturated carbocycles. The van der Waals surface area contributed by atoms with Gasteiger partial charge in [-0.25, -0.2) is 15.0 Å². The summed E-state index contributed by atoms with van der Waals surface area (Å²) in [6.07, 6.45) is 4.07. The zero-order chi connectivity index (χ0) is 13.1. The number of aromatic nitrogens is 7. The Morgan fingerprint density at radius 2 is 2.26 bits per heavy atom. The van der Waals surface area contributed by atoms with Crippen LogP contribution in [-0.4, -0.2) is 41.7 Å². The molecule has 0 saturated heterocycles. The fourth-order valence-electron chi connectivity index (χ4n) is 1.53. The Hall–Kier alpha value is -2.16. The van der Waals surface area contributed by atoms with Crippen molar-refractivity contribution in [3.8, 4) is 0 Å². The minimum absolute atomic E-state index is 0.573. The second kappa shape index (κ2) is 5.22. The van der Waals surface area contributed by atoms with Crippen LogP contribution in [-0.2, 0) is 0 Å². The van der Waals surface area contributed by atoms with E-state index in [2.05, 4.69) is 47.4 Å². The Kier molecular flexibility index (Phi) is 3.27. The summed E-state index contributed by atoms with van der Waals surface area (Å²) in [4.78, 5) is 20.1. The summed E-state index contributed by atoms with van der Waals surface area (Å²) in [5.41, 5.74) is 1.43. The smallest absolute Gasteiger partial charge is 0.225 e. The van der Waals surface area contributed by atoms with Crippen LogP contribution < -0.4 is 5.32 Å². The maximum absolute atomic E-state index is 4.47. The Bertz CT molecular complexity index is 661. The molecule has 0 bridgehead atoms. The maximum atomic E-state index is 4.47. The molecule has 3 N–H and O–H groups in total. The third-order valence-corrected chi connectivity index (χ3v) is 3.25. The first-order valence-electron chi connectivity index (χ1n) is 5.85. The molecule has 0 amide bonds. The van der Waals surface area contributed by atoms with E-state index in [1.807, 2.05) is 0 Å². The van der Waals surface area contributed by atoms with Gasteiger partial charge in [0.2, 0.25) is 5.95 Å². The molecule has 98 valence electrons. The molecule has 0 aromatic carbocycles. The van der Waals surface area contributed by atoms with Crippen LogP contribution in [0.15, 0.2) is 22.8 Å². The largest absolute Gasteiger partial charge is 0.354 e. The van der Waals surface area contributed by atoms with Gasteiger partial charge in [0.05, 0.1) is 6.33 Å². The number of aromatic amines is 2. The average Bonchev–Trinajstić information content (AvgIpc) is 3.06. The molecule has 0 unspecified atom stereocenters. The molecule has 0 fully saturated rings. The Labute approximate surface area is 112 Å². The van der Waals surface area contributed by atoms with Gasteiger partial charge in [-0.1, -0.05) is 6.92 Å². The van der Waals surface area contributed by atoms with Crippen LogP contribution in [0.4, 0.5) is 5.95 Å². The van der Waals surface area contributed by atoms with Gasteiger partial charge in [0.15, 0.2) is 10.8 Å². The van der Waals surface area contributed by atoms with Crippen LogP contribution in [0.3, 0.4) is 0 Å². The molecular formula is C10H12N8S. The molecule has 0 aliphatic heterocycles. The van der Waals surface area contributed by atoms with Gasteiger partial charge >= 0.3 is 0 Å². The third-order valence-electron chi connectivity index (χ3n) is 2.37. The van der Waals surface area contributed by atoms with Gasteiger partial charge in [-0.2, -0.15) is 10.1 Å². The van der Waals surface area contributed by atoms with E-state index in [4.69, 9.17) is 0 Å². The quantitative estimate of drug-likeness (QED) is 0.605. The highest BCUT2D eigenvalue weighted by Gasteiger charge is 2.12. The third kappa shape index (κ3) is 2.50. The van der Waals surface area contributed by atoms with Gasteiger partial charge < -0.3 is 10.3 Å². The number of anilines is 1. The molecule has 3 rings (SSSR count). The van der Waals surface area contributed by atoms with Crippen molar-refractivity contribution in [3.63, 3.8) is 0 Å². The minimum atomic E-state index is 0.573. The first-order valence-corrected chi connectivity index (χ1v) is 6.66. The first-order chi connectivity index (χ1) is 9.36. The van der Waals surface area contributed by atoms with Crippen LogP contribution in [0.25, 0.3) is 11.2 Å². The summed E-state index contributed by atoms with van der Waals surface area (Å²) in [6, 6.07) is 0. The summed E-state index contributed by atoms with van der Waals surface area (Å²) in [6.45, 7) is 2.91. The van der Waals surface area contributed by atoms with Crippen molar-refractivity contribution in [1.82, 2.24) is 35.1 Å². The van der Waals surface area contributed by atoms with E-state index in [1.54, 1.807) is 6.33 Å².